The highest BCUT2D eigenvalue weighted by atomic mass is 14.5. The molecule has 0 aliphatic heterocycles. The zero-order valence-electron chi connectivity index (χ0n) is 10.5. The van der Waals surface area contributed by atoms with E-state index in [1.165, 1.54) is 24.6 Å². The molecule has 2 heteroatoms. The average molecular weight is 230 g/mol. The molecule has 0 saturated heterocycles. The summed E-state index contributed by atoms with van der Waals surface area (Å²) in [5, 5.41) is 2.34. The number of unbranched alkanes of at least 4 members (excludes halogenated alkanes) is 2. The van der Waals surface area contributed by atoms with E-state index in [2.05, 4.69) is 19.1 Å². The summed E-state index contributed by atoms with van der Waals surface area (Å²) in [4.78, 5) is 0. The van der Waals surface area contributed by atoms with Gasteiger partial charge in [-0.3, -0.25) is 0 Å². The van der Waals surface area contributed by atoms with Crippen LogP contribution in [0.2, 0.25) is 0 Å². The smallest absolute Gasteiger partial charge is 0.0393 e. The Morgan fingerprint density at radius 2 is 1.65 bits per heavy atom. The first kappa shape index (κ1) is 13.5. The number of hydrogen-bond acceptors (Lipinski definition) is 2. The van der Waals surface area contributed by atoms with Crippen molar-refractivity contribution in [1.82, 2.24) is 0 Å². The molecule has 0 fully saturated rings. The molecule has 0 heterocycles. The van der Waals surface area contributed by atoms with Gasteiger partial charge >= 0.3 is 0 Å². The maximum absolute atomic E-state index is 5.76. The van der Waals surface area contributed by atoms with Crippen molar-refractivity contribution < 1.29 is 0 Å². The van der Waals surface area contributed by atoms with E-state index in [4.69, 9.17) is 11.5 Å². The van der Waals surface area contributed by atoms with Crippen LogP contribution in [-0.2, 0) is 0 Å². The van der Waals surface area contributed by atoms with Crippen molar-refractivity contribution in [2.75, 3.05) is 12.3 Å². The highest BCUT2D eigenvalue weighted by molar-refractivity contribution is 5.92. The van der Waals surface area contributed by atoms with Crippen molar-refractivity contribution in [3.05, 3.63) is 42.5 Å². The standard InChI is InChI=1S/C10H9N.C5H13N/c11-10-7-3-5-8-4-1-2-6-9(8)10;1-2-3-4-5-6/h1-7H,11H2;2-6H2,1H3. The van der Waals surface area contributed by atoms with Crippen molar-refractivity contribution in [1.29, 1.82) is 0 Å². The van der Waals surface area contributed by atoms with Gasteiger partial charge in [-0.05, 0) is 24.4 Å². The molecular weight excluding hydrogens is 208 g/mol. The molecule has 0 spiro atoms. The zero-order chi connectivity index (χ0) is 12.5. The second-order valence-corrected chi connectivity index (χ2v) is 4.06. The third-order valence-corrected chi connectivity index (χ3v) is 2.63. The molecule has 0 aromatic heterocycles. The number of nitrogens with two attached hydrogens (primary N) is 2. The van der Waals surface area contributed by atoms with E-state index in [0.717, 1.165) is 17.6 Å². The molecule has 0 radical (unpaired) electrons. The minimum Gasteiger partial charge on any atom is -0.398 e. The monoisotopic (exact) mass is 230 g/mol. The van der Waals surface area contributed by atoms with Gasteiger partial charge in [0.25, 0.3) is 0 Å². The second-order valence-electron chi connectivity index (χ2n) is 4.06. The Morgan fingerprint density at radius 3 is 2.24 bits per heavy atom. The first-order valence-electron chi connectivity index (χ1n) is 6.23. The van der Waals surface area contributed by atoms with Crippen LogP contribution in [0.5, 0.6) is 0 Å². The van der Waals surface area contributed by atoms with Crippen LogP contribution in [-0.4, -0.2) is 6.54 Å². The first-order chi connectivity index (χ1) is 8.29. The van der Waals surface area contributed by atoms with Crippen LogP contribution >= 0.6 is 0 Å². The Labute approximate surface area is 104 Å². The fraction of sp³-hybridized carbons (Fsp3) is 0.333. The van der Waals surface area contributed by atoms with Gasteiger partial charge in [0.2, 0.25) is 0 Å². The zero-order valence-corrected chi connectivity index (χ0v) is 10.5. The van der Waals surface area contributed by atoms with Crippen LogP contribution in [0.15, 0.2) is 42.5 Å². The number of anilines is 1. The molecule has 0 aliphatic rings. The van der Waals surface area contributed by atoms with Crippen molar-refractivity contribution >= 4 is 16.5 Å². The molecule has 0 saturated carbocycles. The quantitative estimate of drug-likeness (QED) is 0.625. The van der Waals surface area contributed by atoms with Gasteiger partial charge < -0.3 is 11.5 Å². The third-order valence-electron chi connectivity index (χ3n) is 2.63. The summed E-state index contributed by atoms with van der Waals surface area (Å²) in [6, 6.07) is 14.1. The predicted octanol–water partition coefficient (Wildman–Crippen LogP) is 3.56. The summed E-state index contributed by atoms with van der Waals surface area (Å²) in [5.74, 6) is 0. The van der Waals surface area contributed by atoms with Gasteiger partial charge in [-0.25, -0.2) is 0 Å². The lowest BCUT2D eigenvalue weighted by atomic mass is 10.1. The van der Waals surface area contributed by atoms with E-state index in [1.54, 1.807) is 0 Å². The summed E-state index contributed by atoms with van der Waals surface area (Å²) >= 11 is 0. The van der Waals surface area contributed by atoms with Crippen LogP contribution in [0.1, 0.15) is 26.2 Å². The maximum atomic E-state index is 5.76. The van der Waals surface area contributed by atoms with Crippen LogP contribution < -0.4 is 11.5 Å². The lowest BCUT2D eigenvalue weighted by Gasteiger charge is -1.98. The van der Waals surface area contributed by atoms with E-state index < -0.39 is 0 Å². The lowest BCUT2D eigenvalue weighted by Crippen LogP contribution is -1.96. The topological polar surface area (TPSA) is 52.0 Å². The number of rotatable bonds is 3. The van der Waals surface area contributed by atoms with E-state index in [-0.39, 0.29) is 0 Å². The van der Waals surface area contributed by atoms with Gasteiger partial charge in [-0.15, -0.1) is 0 Å². The molecule has 0 unspecified atom stereocenters. The molecule has 2 aromatic rings. The molecule has 0 atom stereocenters. The molecule has 2 aromatic carbocycles. The van der Waals surface area contributed by atoms with Crippen molar-refractivity contribution in [2.24, 2.45) is 5.73 Å². The summed E-state index contributed by atoms with van der Waals surface area (Å²) in [5.41, 5.74) is 11.8. The van der Waals surface area contributed by atoms with Crippen molar-refractivity contribution in [3.63, 3.8) is 0 Å². The Morgan fingerprint density at radius 1 is 0.941 bits per heavy atom. The van der Waals surface area contributed by atoms with Crippen LogP contribution in [0, 0.1) is 0 Å². The van der Waals surface area contributed by atoms with Crippen LogP contribution in [0.3, 0.4) is 0 Å². The molecule has 2 nitrogen and oxygen atoms in total. The van der Waals surface area contributed by atoms with Gasteiger partial charge in [-0.1, -0.05) is 56.2 Å². The number of benzene rings is 2. The van der Waals surface area contributed by atoms with E-state index >= 15 is 0 Å². The molecule has 4 N–H and O–H groups in total. The summed E-state index contributed by atoms with van der Waals surface area (Å²) < 4.78 is 0. The predicted molar refractivity (Wildman–Crippen MR) is 76.9 cm³/mol. The summed E-state index contributed by atoms with van der Waals surface area (Å²) in [6.07, 6.45) is 3.75. The highest BCUT2D eigenvalue weighted by Gasteiger charge is 1.92. The maximum Gasteiger partial charge on any atom is 0.0393 e. The summed E-state index contributed by atoms with van der Waals surface area (Å²) in [6.45, 7) is 3.03. The van der Waals surface area contributed by atoms with Crippen molar-refractivity contribution in [3.8, 4) is 0 Å². The molecular formula is C15H22N2. The number of hydrogen-bond donors (Lipinski definition) is 2. The van der Waals surface area contributed by atoms with Crippen LogP contribution in [0.4, 0.5) is 5.69 Å². The Bertz CT molecular complexity index is 428. The molecule has 0 aliphatic carbocycles. The van der Waals surface area contributed by atoms with Gasteiger partial charge in [0.05, 0.1) is 0 Å². The fourth-order valence-electron chi connectivity index (χ4n) is 1.64. The van der Waals surface area contributed by atoms with E-state index in [0.29, 0.717) is 0 Å². The average Bonchev–Trinajstić information content (AvgIpc) is 2.38. The minimum absolute atomic E-state index is 0.850. The Kier molecular flexibility index (Phi) is 6.12. The van der Waals surface area contributed by atoms with E-state index in [9.17, 15) is 0 Å². The van der Waals surface area contributed by atoms with Gasteiger partial charge in [0.1, 0.15) is 0 Å². The number of fused-ring (bicyclic) bond motifs is 1. The van der Waals surface area contributed by atoms with Gasteiger partial charge in [0.15, 0.2) is 0 Å². The number of nitrogen functional groups attached to an aromatic ring is 1. The normalized spacial score (nSPS) is 9.76. The largest absolute Gasteiger partial charge is 0.398 e. The molecule has 0 bridgehead atoms. The fourth-order valence-corrected chi connectivity index (χ4v) is 1.64. The Hall–Kier alpha value is -1.54. The molecule has 17 heavy (non-hydrogen) atoms. The van der Waals surface area contributed by atoms with Crippen molar-refractivity contribution in [2.45, 2.75) is 26.2 Å². The first-order valence-corrected chi connectivity index (χ1v) is 6.23. The third kappa shape index (κ3) is 4.45. The van der Waals surface area contributed by atoms with E-state index in [1.807, 2.05) is 30.3 Å². The van der Waals surface area contributed by atoms with Gasteiger partial charge in [0, 0.05) is 11.1 Å². The SMILES string of the molecule is CCCCCN.Nc1cccc2ccccc12. The Balaban J connectivity index is 0.000000209. The van der Waals surface area contributed by atoms with Gasteiger partial charge in [-0.2, -0.15) is 0 Å². The lowest BCUT2D eigenvalue weighted by molar-refractivity contribution is 0.727. The summed E-state index contributed by atoms with van der Waals surface area (Å²) in [7, 11) is 0. The molecule has 0 amide bonds. The minimum atomic E-state index is 0.850. The molecule has 2 rings (SSSR count). The molecule has 92 valence electrons. The second kappa shape index (κ2) is 7.69. The van der Waals surface area contributed by atoms with Crippen LogP contribution in [0.25, 0.3) is 10.8 Å². The highest BCUT2D eigenvalue weighted by Crippen LogP contribution is 2.19.